The summed E-state index contributed by atoms with van der Waals surface area (Å²) in [5, 5.41) is 29.6. The molecule has 1 aromatic rings. The molecule has 1 spiro atoms. The van der Waals surface area contributed by atoms with Gasteiger partial charge in [0.25, 0.3) is 0 Å². The highest BCUT2D eigenvalue weighted by Crippen LogP contribution is 2.80. The number of fused-ring (bicyclic) bond motifs is 2. The Labute approximate surface area is 294 Å². The minimum Gasteiger partial charge on any atom is -0.462 e. The molecule has 7 bridgehead atoms. The maximum absolute atomic E-state index is 14.0. The summed E-state index contributed by atoms with van der Waals surface area (Å²) in [4.78, 5) is 41.6. The lowest BCUT2D eigenvalue weighted by Crippen LogP contribution is -2.82. The SMILES string of the molecule is CCC(C)C(=O)Nc1ccccc1C(=O)OC[C@@]12CC[C@H](OC)[C@@]34[C@@H]5C[C@H]6[C@H](OC(C)=O)[C@@H]5[C@](O)(C[C@@H]6OC)[C@](O)([C@@H](OC)[C@H]13)[C@H]4N(CC)C2. The molecule has 6 fully saturated rings. The molecular weight excluding hydrogens is 644 g/mol. The van der Waals surface area contributed by atoms with Crippen LogP contribution in [0.5, 0.6) is 0 Å². The molecular formula is C38H54N2O10. The first kappa shape index (κ1) is 35.8. The zero-order valence-corrected chi connectivity index (χ0v) is 30.3. The number of para-hydroxylation sites is 1. The number of hydrogen-bond donors (Lipinski definition) is 3. The molecule has 0 aromatic heterocycles. The van der Waals surface area contributed by atoms with E-state index in [0.29, 0.717) is 44.5 Å². The fourth-order valence-corrected chi connectivity index (χ4v) is 12.5. The average molecular weight is 699 g/mol. The van der Waals surface area contributed by atoms with E-state index in [9.17, 15) is 24.6 Å². The normalized spacial score (nSPS) is 44.4. The summed E-state index contributed by atoms with van der Waals surface area (Å²) >= 11 is 0. The van der Waals surface area contributed by atoms with Crippen LogP contribution in [-0.2, 0) is 33.3 Å². The molecule has 5 aliphatic carbocycles. The molecule has 1 saturated heterocycles. The van der Waals surface area contributed by atoms with Crippen molar-refractivity contribution in [3.63, 3.8) is 0 Å². The second-order valence-electron chi connectivity index (χ2n) is 16.0. The van der Waals surface area contributed by atoms with E-state index in [0.717, 1.165) is 0 Å². The Morgan fingerprint density at radius 3 is 2.46 bits per heavy atom. The van der Waals surface area contributed by atoms with Gasteiger partial charge in [-0.15, -0.1) is 0 Å². The second kappa shape index (κ2) is 12.5. The first-order valence-corrected chi connectivity index (χ1v) is 18.4. The summed E-state index contributed by atoms with van der Waals surface area (Å²) in [5.74, 6) is -2.67. The van der Waals surface area contributed by atoms with Gasteiger partial charge in [0, 0.05) is 75.7 Å². The van der Waals surface area contributed by atoms with Gasteiger partial charge in [0.15, 0.2) is 0 Å². The van der Waals surface area contributed by atoms with E-state index >= 15 is 0 Å². The summed E-state index contributed by atoms with van der Waals surface area (Å²) in [6.45, 7) is 8.37. The van der Waals surface area contributed by atoms with Crippen LogP contribution in [-0.4, -0.2) is 116 Å². The summed E-state index contributed by atoms with van der Waals surface area (Å²) in [6.07, 6.45) is 0.546. The third-order valence-electron chi connectivity index (χ3n) is 14.3. The number of nitrogens with zero attached hydrogens (tertiary/aromatic N) is 1. The number of carbonyl (C=O) groups is 3. The molecule has 12 nitrogen and oxygen atoms in total. The average Bonchev–Trinajstić information content (AvgIpc) is 3.49. The van der Waals surface area contributed by atoms with Crippen LogP contribution in [0.2, 0.25) is 0 Å². The van der Waals surface area contributed by atoms with Crippen molar-refractivity contribution in [2.24, 2.45) is 40.4 Å². The van der Waals surface area contributed by atoms with Gasteiger partial charge in [-0.25, -0.2) is 4.79 Å². The summed E-state index contributed by atoms with van der Waals surface area (Å²) in [6, 6.07) is 6.35. The molecule has 1 unspecified atom stereocenters. The van der Waals surface area contributed by atoms with Gasteiger partial charge in [0.05, 0.1) is 42.2 Å². The Balaban J connectivity index is 1.33. The van der Waals surface area contributed by atoms with Crippen molar-refractivity contribution >= 4 is 23.5 Å². The van der Waals surface area contributed by atoms with Crippen molar-refractivity contribution in [2.45, 2.75) is 101 Å². The minimum absolute atomic E-state index is 0.0504. The smallest absolute Gasteiger partial charge is 0.340 e. The van der Waals surface area contributed by atoms with E-state index < -0.39 is 64.2 Å². The monoisotopic (exact) mass is 698 g/mol. The molecule has 14 atom stereocenters. The number of likely N-dealkylation sites (N-methyl/N-ethyl adjacent to an activating group) is 1. The molecule has 6 aliphatic rings. The van der Waals surface area contributed by atoms with Crippen molar-refractivity contribution in [1.82, 2.24) is 4.90 Å². The number of aliphatic hydroxyl groups is 2. The first-order chi connectivity index (χ1) is 23.8. The van der Waals surface area contributed by atoms with Crippen molar-refractivity contribution in [3.8, 4) is 0 Å². The maximum atomic E-state index is 14.0. The van der Waals surface area contributed by atoms with Crippen LogP contribution in [0.15, 0.2) is 24.3 Å². The number of hydrogen-bond acceptors (Lipinski definition) is 11. The number of carbonyl (C=O) groups excluding carboxylic acids is 3. The van der Waals surface area contributed by atoms with Crippen LogP contribution < -0.4 is 5.32 Å². The lowest BCUT2D eigenvalue weighted by Gasteiger charge is -2.70. The molecule has 1 aliphatic heterocycles. The topological polar surface area (TPSA) is 153 Å². The molecule has 1 heterocycles. The van der Waals surface area contributed by atoms with E-state index in [1.54, 1.807) is 45.6 Å². The molecule has 276 valence electrons. The first-order valence-electron chi connectivity index (χ1n) is 18.4. The van der Waals surface area contributed by atoms with E-state index in [1.807, 2.05) is 13.8 Å². The van der Waals surface area contributed by atoms with Gasteiger partial charge in [-0.3, -0.25) is 14.5 Å². The maximum Gasteiger partial charge on any atom is 0.340 e. The predicted molar refractivity (Wildman–Crippen MR) is 181 cm³/mol. The van der Waals surface area contributed by atoms with Gasteiger partial charge in [-0.05, 0) is 50.3 Å². The number of benzene rings is 1. The molecule has 1 aromatic carbocycles. The number of amides is 1. The van der Waals surface area contributed by atoms with Crippen molar-refractivity contribution in [1.29, 1.82) is 0 Å². The van der Waals surface area contributed by atoms with E-state index in [-0.39, 0.29) is 54.3 Å². The molecule has 50 heavy (non-hydrogen) atoms. The van der Waals surface area contributed by atoms with Crippen LogP contribution >= 0.6 is 0 Å². The minimum atomic E-state index is -1.78. The van der Waals surface area contributed by atoms with Crippen LogP contribution in [0.25, 0.3) is 0 Å². The zero-order valence-electron chi connectivity index (χ0n) is 30.3. The van der Waals surface area contributed by atoms with Crippen molar-refractivity contribution in [3.05, 3.63) is 29.8 Å². The molecule has 3 N–H and O–H groups in total. The number of ether oxygens (including phenoxy) is 5. The lowest BCUT2D eigenvalue weighted by atomic mass is 9.42. The third-order valence-corrected chi connectivity index (χ3v) is 14.3. The number of esters is 2. The van der Waals surface area contributed by atoms with Crippen LogP contribution in [0.1, 0.15) is 70.2 Å². The van der Waals surface area contributed by atoms with Crippen LogP contribution in [0.3, 0.4) is 0 Å². The predicted octanol–water partition coefficient (Wildman–Crippen LogP) is 3.04. The van der Waals surface area contributed by atoms with Crippen molar-refractivity contribution < 1.29 is 48.3 Å². The highest BCUT2D eigenvalue weighted by molar-refractivity contribution is 6.01. The number of methoxy groups -OCH3 is 3. The number of piperidine rings is 1. The van der Waals surface area contributed by atoms with Gasteiger partial charge in [-0.1, -0.05) is 32.9 Å². The van der Waals surface area contributed by atoms with Gasteiger partial charge in [-0.2, -0.15) is 0 Å². The molecule has 0 radical (unpaired) electrons. The summed E-state index contributed by atoms with van der Waals surface area (Å²) in [5.41, 5.74) is -4.21. The standard InChI is InChI=1S/C38H54N2O10/c1-8-20(3)32(42)39-25-13-11-10-12-22(25)33(43)49-19-35-15-14-27(47-6)37-24-16-23-26(46-5)17-36(44,28(24)29(23)50-21(4)41)38(45,31(48-7)30(35)37)34(37)40(9-2)18-35/h10-13,20,23-24,26-31,34,44-45H,8-9,14-19H2,1-7H3,(H,39,42)/t20?,23-,24-,26+,27+,28-,29+,30-,31+,34+,35+,36-,37+,38+/m1/s1. The zero-order chi connectivity index (χ0) is 36.0. The largest absolute Gasteiger partial charge is 0.462 e. The number of anilines is 1. The molecule has 1 amide bonds. The number of rotatable bonds is 11. The lowest BCUT2D eigenvalue weighted by molar-refractivity contribution is -0.319. The fourth-order valence-electron chi connectivity index (χ4n) is 12.5. The highest BCUT2D eigenvalue weighted by atomic mass is 16.6. The van der Waals surface area contributed by atoms with E-state index in [4.69, 9.17) is 23.7 Å². The summed E-state index contributed by atoms with van der Waals surface area (Å²) in [7, 11) is 4.91. The number of nitrogens with one attached hydrogen (secondary N) is 1. The van der Waals surface area contributed by atoms with Crippen molar-refractivity contribution in [2.75, 3.05) is 46.3 Å². The third kappa shape index (κ3) is 4.47. The van der Waals surface area contributed by atoms with Crippen LogP contribution in [0.4, 0.5) is 5.69 Å². The van der Waals surface area contributed by atoms with E-state index in [2.05, 4.69) is 17.1 Å². The Morgan fingerprint density at radius 1 is 1.08 bits per heavy atom. The summed E-state index contributed by atoms with van der Waals surface area (Å²) < 4.78 is 31.2. The Bertz CT molecular complexity index is 1520. The van der Waals surface area contributed by atoms with Crippen LogP contribution in [0, 0.1) is 40.4 Å². The molecule has 12 heteroatoms. The molecule has 7 rings (SSSR count). The van der Waals surface area contributed by atoms with Gasteiger partial charge >= 0.3 is 11.9 Å². The Morgan fingerprint density at radius 2 is 1.82 bits per heavy atom. The fraction of sp³-hybridized carbons (Fsp3) is 0.763. The Hall–Kier alpha value is -2.61. The van der Waals surface area contributed by atoms with Gasteiger partial charge in [0.2, 0.25) is 5.91 Å². The highest BCUT2D eigenvalue weighted by Gasteiger charge is 2.92. The van der Waals surface area contributed by atoms with Gasteiger partial charge in [0.1, 0.15) is 17.3 Å². The second-order valence-corrected chi connectivity index (χ2v) is 16.0. The quantitative estimate of drug-likeness (QED) is 0.293. The number of likely N-dealkylation sites (tertiary alicyclic amines) is 1. The van der Waals surface area contributed by atoms with Gasteiger partial charge < -0.3 is 39.2 Å². The Kier molecular flexibility index (Phi) is 8.96. The van der Waals surface area contributed by atoms with E-state index in [1.165, 1.54) is 6.92 Å². The molecule has 5 saturated carbocycles.